The Morgan fingerprint density at radius 3 is 2.71 bits per heavy atom. The summed E-state index contributed by atoms with van der Waals surface area (Å²) in [6, 6.07) is 1.97. The summed E-state index contributed by atoms with van der Waals surface area (Å²) in [6.45, 7) is 4.72. The van der Waals surface area contributed by atoms with E-state index in [2.05, 4.69) is 10.1 Å². The molecule has 0 spiro atoms. The fourth-order valence-electron chi connectivity index (χ4n) is 2.99. The molecule has 1 aliphatic rings. The first kappa shape index (κ1) is 16.7. The molecule has 1 atom stereocenters. The van der Waals surface area contributed by atoms with Crippen LogP contribution in [0, 0.1) is 11.3 Å². The minimum absolute atomic E-state index is 0.0600. The Kier molecular flexibility index (Phi) is 4.19. The van der Waals surface area contributed by atoms with E-state index in [1.54, 1.807) is 28.7 Å². The monoisotopic (exact) mass is 348 g/mol. The van der Waals surface area contributed by atoms with Crippen molar-refractivity contribution < 1.29 is 8.42 Å². The van der Waals surface area contributed by atoms with Gasteiger partial charge < -0.3 is 4.57 Å². The van der Waals surface area contributed by atoms with Gasteiger partial charge in [0.15, 0.2) is 5.03 Å². The second-order valence-electron chi connectivity index (χ2n) is 6.33. The molecule has 0 amide bonds. The van der Waals surface area contributed by atoms with E-state index < -0.39 is 10.0 Å². The van der Waals surface area contributed by atoms with Crippen LogP contribution in [-0.4, -0.2) is 45.1 Å². The van der Waals surface area contributed by atoms with Crippen LogP contribution >= 0.6 is 0 Å². The van der Waals surface area contributed by atoms with Crippen LogP contribution in [-0.2, 0) is 17.1 Å². The van der Waals surface area contributed by atoms with E-state index in [1.807, 2.05) is 19.9 Å². The van der Waals surface area contributed by atoms with Crippen molar-refractivity contribution in [2.75, 3.05) is 13.1 Å². The van der Waals surface area contributed by atoms with Crippen LogP contribution in [0.3, 0.4) is 0 Å². The largest absolute Gasteiger partial charge is 0.336 e. The number of sulfonamides is 1. The quantitative estimate of drug-likeness (QED) is 0.828. The molecule has 9 heteroatoms. The van der Waals surface area contributed by atoms with E-state index in [4.69, 9.17) is 5.26 Å². The van der Waals surface area contributed by atoms with Crippen molar-refractivity contribution in [3.05, 3.63) is 30.0 Å². The van der Waals surface area contributed by atoms with Crippen molar-refractivity contribution in [2.45, 2.75) is 37.3 Å². The van der Waals surface area contributed by atoms with Crippen molar-refractivity contribution >= 4 is 10.0 Å². The maximum Gasteiger partial charge on any atom is 0.262 e. The fourth-order valence-corrected chi connectivity index (χ4v) is 4.46. The zero-order valence-electron chi connectivity index (χ0n) is 13.9. The zero-order chi connectivity index (χ0) is 17.5. The SMILES string of the molecule is CC(C)c1nc(S(=O)(=O)N2CCC(n3cc(C#N)cn3)C2)cn1C. The van der Waals surface area contributed by atoms with E-state index in [-0.39, 0.29) is 17.0 Å². The van der Waals surface area contributed by atoms with Gasteiger partial charge in [-0.25, -0.2) is 13.4 Å². The van der Waals surface area contributed by atoms with Crippen molar-refractivity contribution in [2.24, 2.45) is 7.05 Å². The lowest BCUT2D eigenvalue weighted by Gasteiger charge is -2.15. The van der Waals surface area contributed by atoms with Crippen LogP contribution < -0.4 is 0 Å². The van der Waals surface area contributed by atoms with Crippen molar-refractivity contribution in [3.8, 4) is 6.07 Å². The first-order chi connectivity index (χ1) is 11.3. The Labute approximate surface area is 141 Å². The van der Waals surface area contributed by atoms with Crippen LogP contribution in [0.2, 0.25) is 0 Å². The Bertz CT molecular complexity index is 889. The summed E-state index contributed by atoms with van der Waals surface area (Å²) in [5.41, 5.74) is 0.475. The van der Waals surface area contributed by atoms with Crippen LogP contribution in [0.1, 0.15) is 43.6 Å². The molecule has 128 valence electrons. The lowest BCUT2D eigenvalue weighted by atomic mass is 10.2. The van der Waals surface area contributed by atoms with Gasteiger partial charge in [0.2, 0.25) is 0 Å². The van der Waals surface area contributed by atoms with E-state index in [9.17, 15) is 8.42 Å². The highest BCUT2D eigenvalue weighted by atomic mass is 32.2. The van der Waals surface area contributed by atoms with Crippen LogP contribution in [0.25, 0.3) is 0 Å². The molecule has 3 heterocycles. The van der Waals surface area contributed by atoms with Crippen LogP contribution in [0.4, 0.5) is 0 Å². The van der Waals surface area contributed by atoms with Gasteiger partial charge in [0.05, 0.1) is 17.8 Å². The molecule has 0 radical (unpaired) electrons. The number of imidazole rings is 1. The highest BCUT2D eigenvalue weighted by molar-refractivity contribution is 7.89. The third-order valence-corrected chi connectivity index (χ3v) is 5.98. The molecule has 1 fully saturated rings. The maximum atomic E-state index is 12.8. The molecular weight excluding hydrogens is 328 g/mol. The van der Waals surface area contributed by atoms with Gasteiger partial charge in [0.1, 0.15) is 11.9 Å². The van der Waals surface area contributed by atoms with E-state index >= 15 is 0 Å². The zero-order valence-corrected chi connectivity index (χ0v) is 14.7. The molecule has 3 rings (SSSR count). The van der Waals surface area contributed by atoms with Crippen LogP contribution in [0.5, 0.6) is 0 Å². The van der Waals surface area contributed by atoms with Crippen molar-refractivity contribution in [1.29, 1.82) is 5.26 Å². The van der Waals surface area contributed by atoms with Gasteiger partial charge in [0.25, 0.3) is 10.0 Å². The summed E-state index contributed by atoms with van der Waals surface area (Å²) < 4.78 is 30.5. The van der Waals surface area contributed by atoms with Gasteiger partial charge >= 0.3 is 0 Å². The van der Waals surface area contributed by atoms with Gasteiger partial charge in [-0.1, -0.05) is 13.8 Å². The molecule has 1 aliphatic heterocycles. The summed E-state index contributed by atoms with van der Waals surface area (Å²) >= 11 is 0. The lowest BCUT2D eigenvalue weighted by Crippen LogP contribution is -2.29. The fraction of sp³-hybridized carbons (Fsp3) is 0.533. The summed E-state index contributed by atoms with van der Waals surface area (Å²) in [4.78, 5) is 4.31. The molecule has 1 saturated heterocycles. The molecule has 2 aromatic heterocycles. The predicted molar refractivity (Wildman–Crippen MR) is 86.7 cm³/mol. The molecule has 0 aromatic carbocycles. The molecule has 0 aliphatic carbocycles. The highest BCUT2D eigenvalue weighted by Crippen LogP contribution is 2.27. The molecule has 8 nitrogen and oxygen atoms in total. The minimum Gasteiger partial charge on any atom is -0.336 e. The number of hydrogen-bond donors (Lipinski definition) is 0. The van der Waals surface area contributed by atoms with Gasteiger partial charge in [-0.3, -0.25) is 4.68 Å². The molecule has 0 N–H and O–H groups in total. The third-order valence-electron chi connectivity index (χ3n) is 4.24. The Hall–Kier alpha value is -2.18. The highest BCUT2D eigenvalue weighted by Gasteiger charge is 2.35. The predicted octanol–water partition coefficient (Wildman–Crippen LogP) is 1.25. The molecule has 24 heavy (non-hydrogen) atoms. The molecule has 2 aromatic rings. The van der Waals surface area contributed by atoms with E-state index in [1.165, 1.54) is 10.5 Å². The minimum atomic E-state index is -3.62. The van der Waals surface area contributed by atoms with Gasteiger partial charge in [0, 0.05) is 38.4 Å². The van der Waals surface area contributed by atoms with Gasteiger partial charge in [-0.15, -0.1) is 0 Å². The third kappa shape index (κ3) is 2.83. The second kappa shape index (κ2) is 6.03. The first-order valence-corrected chi connectivity index (χ1v) is 9.24. The molecule has 0 saturated carbocycles. The number of rotatable bonds is 4. The molecule has 1 unspecified atom stereocenters. The summed E-state index contributed by atoms with van der Waals surface area (Å²) in [7, 11) is -1.81. The summed E-state index contributed by atoms with van der Waals surface area (Å²) in [5, 5.41) is 13.1. The number of hydrogen-bond acceptors (Lipinski definition) is 5. The second-order valence-corrected chi connectivity index (χ2v) is 8.21. The smallest absolute Gasteiger partial charge is 0.262 e. The Morgan fingerprint density at radius 2 is 2.12 bits per heavy atom. The average Bonchev–Trinajstić information content (AvgIpc) is 3.25. The van der Waals surface area contributed by atoms with Crippen molar-refractivity contribution in [1.82, 2.24) is 23.6 Å². The Morgan fingerprint density at radius 1 is 1.38 bits per heavy atom. The molecule has 0 bridgehead atoms. The Balaban J connectivity index is 1.81. The average molecular weight is 348 g/mol. The van der Waals surface area contributed by atoms with Gasteiger partial charge in [-0.2, -0.15) is 14.7 Å². The lowest BCUT2D eigenvalue weighted by molar-refractivity contribution is 0.433. The van der Waals surface area contributed by atoms with Crippen molar-refractivity contribution in [3.63, 3.8) is 0 Å². The van der Waals surface area contributed by atoms with Crippen LogP contribution in [0.15, 0.2) is 23.6 Å². The number of aryl methyl sites for hydroxylation is 1. The number of nitrogens with zero attached hydrogens (tertiary/aromatic N) is 6. The topological polar surface area (TPSA) is 96.8 Å². The first-order valence-electron chi connectivity index (χ1n) is 7.80. The number of nitriles is 1. The standard InChI is InChI=1S/C15H20N6O2S/c1-11(2)15-18-14(10-19(15)3)24(22,23)20-5-4-13(9-20)21-8-12(6-16)7-17-21/h7-8,10-11,13H,4-5,9H2,1-3H3. The van der Waals surface area contributed by atoms with E-state index in [0.717, 1.165) is 5.82 Å². The van der Waals surface area contributed by atoms with Gasteiger partial charge in [-0.05, 0) is 6.42 Å². The summed E-state index contributed by atoms with van der Waals surface area (Å²) in [6.07, 6.45) is 5.37. The van der Waals surface area contributed by atoms with E-state index in [0.29, 0.717) is 25.1 Å². The normalized spacial score (nSPS) is 19.0. The maximum absolute atomic E-state index is 12.8. The summed E-state index contributed by atoms with van der Waals surface area (Å²) in [5.74, 6) is 0.897. The number of aromatic nitrogens is 4. The molecular formula is C15H20N6O2S.